The monoisotopic (exact) mass is 499 g/mol. The second-order valence-electron chi connectivity index (χ2n) is 8.49. The Kier molecular flexibility index (Phi) is 8.65. The molecule has 2 aliphatic rings. The molecule has 3 rings (SSSR count). The van der Waals surface area contributed by atoms with Gasteiger partial charge in [0.25, 0.3) is 0 Å². The zero-order valence-corrected chi connectivity index (χ0v) is 19.9. The smallest absolute Gasteiger partial charge is 0.405 e. The van der Waals surface area contributed by atoms with Crippen molar-refractivity contribution in [3.05, 3.63) is 46.7 Å². The Morgan fingerprint density at radius 2 is 2.03 bits per heavy atom. The van der Waals surface area contributed by atoms with Gasteiger partial charge in [-0.25, -0.2) is 0 Å². The lowest BCUT2D eigenvalue weighted by Crippen LogP contribution is -2.52. The summed E-state index contributed by atoms with van der Waals surface area (Å²) in [5.74, 6) is -0.717. The Morgan fingerprint density at radius 3 is 2.71 bits per heavy atom. The summed E-state index contributed by atoms with van der Waals surface area (Å²) in [7, 11) is 0. The van der Waals surface area contributed by atoms with E-state index in [1.54, 1.807) is 23.1 Å². The molecule has 1 heterocycles. The van der Waals surface area contributed by atoms with Gasteiger partial charge in [-0.15, -0.1) is 13.2 Å². The van der Waals surface area contributed by atoms with Crippen LogP contribution in [0.4, 0.5) is 18.9 Å². The van der Waals surface area contributed by atoms with Crippen LogP contribution in [0, 0.1) is 5.92 Å². The van der Waals surface area contributed by atoms with Gasteiger partial charge in [-0.2, -0.15) is 0 Å². The predicted octanol–water partition coefficient (Wildman–Crippen LogP) is 5.11. The van der Waals surface area contributed by atoms with Crippen LogP contribution in [-0.2, 0) is 14.3 Å². The SMILES string of the molecule is CCNCC(=O)N1CCCCC1C(=O)Nc1ccc(C2=C(OC(F)(F)F)C=CC(C)C2)c(Cl)c1. The van der Waals surface area contributed by atoms with Gasteiger partial charge < -0.3 is 20.3 Å². The van der Waals surface area contributed by atoms with Crippen LogP contribution >= 0.6 is 11.6 Å². The number of nitrogens with one attached hydrogen (secondary N) is 2. The number of hydrogen-bond acceptors (Lipinski definition) is 4. The van der Waals surface area contributed by atoms with Crippen LogP contribution < -0.4 is 10.6 Å². The highest BCUT2D eigenvalue weighted by Gasteiger charge is 2.34. The van der Waals surface area contributed by atoms with Crippen molar-refractivity contribution in [2.24, 2.45) is 5.92 Å². The van der Waals surface area contributed by atoms with E-state index in [9.17, 15) is 22.8 Å². The van der Waals surface area contributed by atoms with Gasteiger partial charge in [0.15, 0.2) is 0 Å². The first kappa shape index (κ1) is 26.1. The molecule has 34 heavy (non-hydrogen) atoms. The third-order valence-corrected chi connectivity index (χ3v) is 6.15. The van der Waals surface area contributed by atoms with Crippen LogP contribution in [-0.4, -0.2) is 48.8 Å². The number of alkyl halides is 3. The van der Waals surface area contributed by atoms with Crippen LogP contribution in [0.15, 0.2) is 36.1 Å². The van der Waals surface area contributed by atoms with Crippen LogP contribution in [0.1, 0.15) is 45.1 Å². The van der Waals surface area contributed by atoms with Crippen molar-refractivity contribution in [2.45, 2.75) is 51.9 Å². The quantitative estimate of drug-likeness (QED) is 0.547. The van der Waals surface area contributed by atoms with Crippen LogP contribution in [0.25, 0.3) is 5.57 Å². The fourth-order valence-electron chi connectivity index (χ4n) is 4.21. The molecular weight excluding hydrogens is 471 g/mol. The van der Waals surface area contributed by atoms with Gasteiger partial charge in [-0.1, -0.05) is 37.6 Å². The van der Waals surface area contributed by atoms with Crippen molar-refractivity contribution in [1.29, 1.82) is 0 Å². The normalized spacial score (nSPS) is 20.9. The van der Waals surface area contributed by atoms with Crippen LogP contribution in [0.3, 0.4) is 0 Å². The lowest BCUT2D eigenvalue weighted by molar-refractivity contribution is -0.303. The van der Waals surface area contributed by atoms with Gasteiger partial charge in [0, 0.05) is 23.4 Å². The molecule has 10 heteroatoms. The minimum Gasteiger partial charge on any atom is -0.405 e. The topological polar surface area (TPSA) is 70.7 Å². The molecule has 2 atom stereocenters. The first-order valence-corrected chi connectivity index (χ1v) is 11.7. The van der Waals surface area contributed by atoms with E-state index < -0.39 is 12.4 Å². The Balaban J connectivity index is 1.78. The zero-order chi connectivity index (χ0) is 24.9. The number of likely N-dealkylation sites (tertiary alicyclic amines) is 1. The van der Waals surface area contributed by atoms with Gasteiger partial charge in [0.1, 0.15) is 11.8 Å². The maximum absolute atomic E-state index is 13.0. The summed E-state index contributed by atoms with van der Waals surface area (Å²) in [5, 5.41) is 5.99. The molecule has 1 aliphatic heterocycles. The number of nitrogens with zero attached hydrogens (tertiary/aromatic N) is 1. The number of anilines is 1. The molecule has 1 aliphatic carbocycles. The van der Waals surface area contributed by atoms with Crippen molar-refractivity contribution in [3.8, 4) is 0 Å². The minimum absolute atomic E-state index is 0.0167. The maximum atomic E-state index is 13.0. The number of halogens is 4. The predicted molar refractivity (Wildman–Crippen MR) is 125 cm³/mol. The Morgan fingerprint density at radius 1 is 1.26 bits per heavy atom. The van der Waals surface area contributed by atoms with Crippen molar-refractivity contribution < 1.29 is 27.5 Å². The number of carbonyl (C=O) groups excluding carboxylic acids is 2. The summed E-state index contributed by atoms with van der Waals surface area (Å²) in [4.78, 5) is 27.1. The zero-order valence-electron chi connectivity index (χ0n) is 19.2. The van der Waals surface area contributed by atoms with Crippen molar-refractivity contribution >= 4 is 34.7 Å². The number of rotatable bonds is 7. The third-order valence-electron chi connectivity index (χ3n) is 5.84. The first-order valence-electron chi connectivity index (χ1n) is 11.4. The number of allylic oxidation sites excluding steroid dienone is 3. The van der Waals surface area contributed by atoms with Gasteiger partial charge in [0.05, 0.1) is 11.6 Å². The Hall–Kier alpha value is -2.52. The van der Waals surface area contributed by atoms with E-state index >= 15 is 0 Å². The summed E-state index contributed by atoms with van der Waals surface area (Å²) < 4.78 is 42.8. The molecular formula is C24H29ClF3N3O3. The second-order valence-corrected chi connectivity index (χ2v) is 8.90. The molecule has 2 N–H and O–H groups in total. The highest BCUT2D eigenvalue weighted by atomic mass is 35.5. The highest BCUT2D eigenvalue weighted by Crippen LogP contribution is 2.38. The summed E-state index contributed by atoms with van der Waals surface area (Å²) in [6.45, 7) is 5.13. The Bertz CT molecular complexity index is 978. The van der Waals surface area contributed by atoms with Crippen LogP contribution in [0.5, 0.6) is 0 Å². The molecule has 0 saturated carbocycles. The van der Waals surface area contributed by atoms with E-state index in [1.807, 2.05) is 13.8 Å². The van der Waals surface area contributed by atoms with E-state index in [0.717, 1.165) is 12.8 Å². The van der Waals surface area contributed by atoms with E-state index in [4.69, 9.17) is 11.6 Å². The van der Waals surface area contributed by atoms with Crippen LogP contribution in [0.2, 0.25) is 5.02 Å². The lowest BCUT2D eigenvalue weighted by atomic mass is 9.90. The molecule has 2 unspecified atom stereocenters. The average molecular weight is 500 g/mol. The lowest BCUT2D eigenvalue weighted by Gasteiger charge is -2.34. The maximum Gasteiger partial charge on any atom is 0.573 e. The molecule has 1 aromatic carbocycles. The molecule has 0 aromatic heterocycles. The number of amides is 2. The van der Waals surface area contributed by atoms with Gasteiger partial charge in [0.2, 0.25) is 11.8 Å². The summed E-state index contributed by atoms with van der Waals surface area (Å²) in [5.41, 5.74) is 1.17. The molecule has 0 spiro atoms. The molecule has 1 fully saturated rings. The van der Waals surface area contributed by atoms with Gasteiger partial charge in [-0.05, 0) is 56.4 Å². The molecule has 1 aromatic rings. The summed E-state index contributed by atoms with van der Waals surface area (Å²) in [6, 6.07) is 4.09. The van der Waals surface area contributed by atoms with Gasteiger partial charge >= 0.3 is 6.36 Å². The molecule has 0 bridgehead atoms. The van der Waals surface area contributed by atoms with E-state index in [0.29, 0.717) is 42.8 Å². The fraction of sp³-hybridized carbons (Fsp3) is 0.500. The van der Waals surface area contributed by atoms with Crippen molar-refractivity contribution in [2.75, 3.05) is 25.0 Å². The number of carbonyl (C=O) groups is 2. The summed E-state index contributed by atoms with van der Waals surface area (Å²) >= 11 is 6.43. The highest BCUT2D eigenvalue weighted by molar-refractivity contribution is 6.32. The molecule has 6 nitrogen and oxygen atoms in total. The van der Waals surface area contributed by atoms with E-state index in [2.05, 4.69) is 15.4 Å². The fourth-order valence-corrected chi connectivity index (χ4v) is 4.50. The van der Waals surface area contributed by atoms with E-state index in [-0.39, 0.29) is 35.1 Å². The third kappa shape index (κ3) is 6.76. The minimum atomic E-state index is -4.82. The van der Waals surface area contributed by atoms with Gasteiger partial charge in [-0.3, -0.25) is 9.59 Å². The Labute approximate surface area is 202 Å². The average Bonchev–Trinajstić information content (AvgIpc) is 2.78. The largest absolute Gasteiger partial charge is 0.573 e. The molecule has 1 saturated heterocycles. The van der Waals surface area contributed by atoms with E-state index in [1.165, 1.54) is 12.1 Å². The first-order chi connectivity index (χ1) is 16.1. The second kappa shape index (κ2) is 11.3. The number of piperidine rings is 1. The number of benzene rings is 1. The van der Waals surface area contributed by atoms with Crippen molar-refractivity contribution in [1.82, 2.24) is 10.2 Å². The summed E-state index contributed by atoms with van der Waals surface area (Å²) in [6.07, 6.45) is 0.716. The number of likely N-dealkylation sites (N-methyl/N-ethyl adjacent to an activating group) is 1. The number of hydrogen-bond donors (Lipinski definition) is 2. The molecule has 0 radical (unpaired) electrons. The number of ether oxygens (including phenoxy) is 1. The van der Waals surface area contributed by atoms with Crippen molar-refractivity contribution in [3.63, 3.8) is 0 Å². The standard InChI is InChI=1S/C24H29ClF3N3O3/c1-3-29-14-22(32)31-11-5-4-6-20(31)23(33)30-16-8-9-17(19(25)13-16)18-12-15(2)7-10-21(18)34-24(26,27)28/h7-10,13,15,20,29H,3-6,11-12,14H2,1-2H3,(H,30,33). The molecule has 186 valence electrons. The molecule has 2 amide bonds.